The predicted octanol–water partition coefficient (Wildman–Crippen LogP) is 1.72. The molecule has 0 radical (unpaired) electrons. The van der Waals surface area contributed by atoms with Crippen molar-refractivity contribution in [2.24, 2.45) is 5.92 Å². The first-order valence-electron chi connectivity index (χ1n) is 8.29. The van der Waals surface area contributed by atoms with Gasteiger partial charge in [-0.2, -0.15) is 0 Å². The Labute approximate surface area is 153 Å². The molecule has 1 atom stereocenters. The summed E-state index contributed by atoms with van der Waals surface area (Å²) in [6.07, 6.45) is 2.51. The number of piperidine rings is 1. The first-order valence-corrected chi connectivity index (χ1v) is 8.29. The van der Waals surface area contributed by atoms with Crippen LogP contribution in [0.3, 0.4) is 0 Å². The smallest absolute Gasteiger partial charge is 0.414 e. The molecule has 1 heterocycles. The van der Waals surface area contributed by atoms with E-state index >= 15 is 0 Å². The van der Waals surface area contributed by atoms with Crippen LogP contribution < -0.4 is 9.47 Å². The van der Waals surface area contributed by atoms with Crippen molar-refractivity contribution >= 4 is 11.9 Å². The maximum absolute atomic E-state index is 9.10. The quantitative estimate of drug-likeness (QED) is 0.730. The van der Waals surface area contributed by atoms with Gasteiger partial charge in [0.2, 0.25) is 0 Å². The lowest BCUT2D eigenvalue weighted by molar-refractivity contribution is -0.159. The Bertz CT molecular complexity index is 555. The molecule has 146 valence electrons. The summed E-state index contributed by atoms with van der Waals surface area (Å²) in [6.45, 7) is 4.05. The predicted molar refractivity (Wildman–Crippen MR) is 94.7 cm³/mol. The lowest BCUT2D eigenvalue weighted by atomic mass is 9.98. The van der Waals surface area contributed by atoms with Crippen molar-refractivity contribution in [3.05, 3.63) is 23.8 Å². The maximum Gasteiger partial charge on any atom is 0.414 e. The number of nitrogens with zero attached hydrogens (tertiary/aromatic N) is 1. The van der Waals surface area contributed by atoms with Gasteiger partial charge in [-0.25, -0.2) is 9.59 Å². The molecule has 1 aromatic carbocycles. The Hall–Kier alpha value is -2.32. The first kappa shape index (κ1) is 21.7. The van der Waals surface area contributed by atoms with Crippen molar-refractivity contribution in [2.45, 2.75) is 19.4 Å². The van der Waals surface area contributed by atoms with Crippen molar-refractivity contribution in [1.29, 1.82) is 0 Å². The molecule has 0 aromatic heterocycles. The van der Waals surface area contributed by atoms with Gasteiger partial charge in [-0.1, -0.05) is 0 Å². The molecule has 2 rings (SSSR count). The van der Waals surface area contributed by atoms with Gasteiger partial charge in [-0.3, -0.25) is 4.90 Å². The van der Waals surface area contributed by atoms with E-state index in [9.17, 15) is 0 Å². The van der Waals surface area contributed by atoms with Gasteiger partial charge in [0.25, 0.3) is 0 Å². The number of carboxylic acids is 2. The number of hydrogen-bond acceptors (Lipinski definition) is 6. The van der Waals surface area contributed by atoms with E-state index in [0.29, 0.717) is 5.92 Å². The van der Waals surface area contributed by atoms with E-state index < -0.39 is 11.9 Å². The minimum Gasteiger partial charge on any atom is -0.497 e. The number of methoxy groups -OCH3 is 3. The lowest BCUT2D eigenvalue weighted by Gasteiger charge is -2.32. The Morgan fingerprint density at radius 1 is 1.08 bits per heavy atom. The average Bonchev–Trinajstić information content (AvgIpc) is 2.62. The van der Waals surface area contributed by atoms with Crippen LogP contribution in [-0.2, 0) is 20.9 Å². The van der Waals surface area contributed by atoms with Crippen molar-refractivity contribution in [1.82, 2.24) is 4.90 Å². The number of aliphatic carboxylic acids is 2. The molecular formula is C18H27NO7. The van der Waals surface area contributed by atoms with Crippen molar-refractivity contribution in [3.63, 3.8) is 0 Å². The lowest BCUT2D eigenvalue weighted by Crippen LogP contribution is -2.36. The monoisotopic (exact) mass is 369 g/mol. The molecule has 1 fully saturated rings. The van der Waals surface area contributed by atoms with E-state index in [-0.39, 0.29) is 0 Å². The van der Waals surface area contributed by atoms with Gasteiger partial charge < -0.3 is 24.4 Å². The average molecular weight is 369 g/mol. The van der Waals surface area contributed by atoms with Crippen LogP contribution in [0.5, 0.6) is 11.5 Å². The number of carboxylic acid groups (broad SMARTS) is 2. The highest BCUT2D eigenvalue weighted by atomic mass is 16.5. The van der Waals surface area contributed by atoms with Crippen molar-refractivity contribution in [2.75, 3.05) is 41.0 Å². The van der Waals surface area contributed by atoms with Crippen LogP contribution in [-0.4, -0.2) is 68.1 Å². The molecule has 8 heteroatoms. The highest BCUT2D eigenvalue weighted by molar-refractivity contribution is 6.27. The van der Waals surface area contributed by atoms with E-state index in [2.05, 4.69) is 17.0 Å². The highest BCUT2D eigenvalue weighted by Crippen LogP contribution is 2.25. The molecule has 0 saturated carbocycles. The zero-order valence-corrected chi connectivity index (χ0v) is 15.4. The zero-order valence-electron chi connectivity index (χ0n) is 15.4. The molecule has 26 heavy (non-hydrogen) atoms. The van der Waals surface area contributed by atoms with Gasteiger partial charge in [0.05, 0.1) is 20.8 Å². The fourth-order valence-corrected chi connectivity index (χ4v) is 2.88. The van der Waals surface area contributed by atoms with Gasteiger partial charge in [-0.05, 0) is 43.0 Å². The summed E-state index contributed by atoms with van der Waals surface area (Å²) in [5.41, 5.74) is 1.24. The third-order valence-corrected chi connectivity index (χ3v) is 4.01. The van der Waals surface area contributed by atoms with Crippen molar-refractivity contribution < 1.29 is 34.0 Å². The topological polar surface area (TPSA) is 106 Å². The molecule has 2 N–H and O–H groups in total. The molecule has 1 aliphatic rings. The molecule has 0 aliphatic carbocycles. The largest absolute Gasteiger partial charge is 0.497 e. The van der Waals surface area contributed by atoms with Crippen LogP contribution in [0, 0.1) is 5.92 Å². The second kappa shape index (κ2) is 11.3. The molecule has 0 amide bonds. The fraction of sp³-hybridized carbons (Fsp3) is 0.556. The number of rotatable bonds is 6. The second-order valence-corrected chi connectivity index (χ2v) is 6.03. The molecule has 1 saturated heterocycles. The van der Waals surface area contributed by atoms with Crippen LogP contribution in [0.2, 0.25) is 0 Å². The summed E-state index contributed by atoms with van der Waals surface area (Å²) in [5, 5.41) is 14.8. The molecular weight excluding hydrogens is 342 g/mol. The molecule has 1 aliphatic heterocycles. The first-order chi connectivity index (χ1) is 12.4. The number of likely N-dealkylation sites (tertiary alicyclic amines) is 1. The van der Waals surface area contributed by atoms with Crippen LogP contribution in [0.15, 0.2) is 18.2 Å². The highest BCUT2D eigenvalue weighted by Gasteiger charge is 2.20. The van der Waals surface area contributed by atoms with Gasteiger partial charge in [0.15, 0.2) is 0 Å². The van der Waals surface area contributed by atoms with Gasteiger partial charge in [-0.15, -0.1) is 0 Å². The Morgan fingerprint density at radius 2 is 1.65 bits per heavy atom. The van der Waals surface area contributed by atoms with E-state index in [1.165, 1.54) is 18.4 Å². The summed E-state index contributed by atoms with van der Waals surface area (Å²) >= 11 is 0. The van der Waals surface area contributed by atoms with Crippen LogP contribution in [0.25, 0.3) is 0 Å². The molecule has 0 spiro atoms. The Morgan fingerprint density at radius 3 is 2.12 bits per heavy atom. The maximum atomic E-state index is 9.10. The van der Waals surface area contributed by atoms with Gasteiger partial charge in [0.1, 0.15) is 11.5 Å². The minimum atomic E-state index is -1.82. The molecule has 8 nitrogen and oxygen atoms in total. The summed E-state index contributed by atoms with van der Waals surface area (Å²) < 4.78 is 15.9. The normalized spacial score (nSPS) is 17.0. The Balaban J connectivity index is 0.000000487. The number of carbonyl (C=O) groups is 2. The van der Waals surface area contributed by atoms with E-state index in [1.807, 2.05) is 6.07 Å². The Kier molecular flexibility index (Phi) is 9.46. The van der Waals surface area contributed by atoms with E-state index in [4.69, 9.17) is 34.0 Å². The standard InChI is InChI=1S/C16H25NO3.C2H2O4/c1-18-12-13-5-4-6-17(10-13)11-14-7-15(19-2)9-16(8-14)20-3;3-1(4)2(5)6/h7-9,13H,4-6,10-12H2,1-3H3;(H,3,4)(H,5,6). The zero-order chi connectivity index (χ0) is 19.5. The third-order valence-electron chi connectivity index (χ3n) is 4.01. The fourth-order valence-electron chi connectivity index (χ4n) is 2.88. The molecule has 1 unspecified atom stereocenters. The SMILES string of the molecule is COCC1CCCN(Cc2cc(OC)cc(OC)c2)C1.O=C(O)C(=O)O. The van der Waals surface area contributed by atoms with E-state index in [1.54, 1.807) is 21.3 Å². The number of benzene rings is 1. The van der Waals surface area contributed by atoms with Crippen LogP contribution in [0.1, 0.15) is 18.4 Å². The number of ether oxygens (including phenoxy) is 3. The molecule has 0 bridgehead atoms. The number of hydrogen-bond donors (Lipinski definition) is 2. The summed E-state index contributed by atoms with van der Waals surface area (Å²) in [7, 11) is 5.16. The van der Waals surface area contributed by atoms with Gasteiger partial charge in [0, 0.05) is 26.3 Å². The van der Waals surface area contributed by atoms with Crippen LogP contribution >= 0.6 is 0 Å². The van der Waals surface area contributed by atoms with Crippen molar-refractivity contribution in [3.8, 4) is 11.5 Å². The third kappa shape index (κ3) is 7.71. The summed E-state index contributed by atoms with van der Waals surface area (Å²) in [6, 6.07) is 6.08. The summed E-state index contributed by atoms with van der Waals surface area (Å²) in [5.74, 6) is -1.29. The molecule has 1 aromatic rings. The minimum absolute atomic E-state index is 0.654. The second-order valence-electron chi connectivity index (χ2n) is 6.03. The summed E-state index contributed by atoms with van der Waals surface area (Å²) in [4.78, 5) is 20.7. The van der Waals surface area contributed by atoms with E-state index in [0.717, 1.165) is 37.7 Å². The van der Waals surface area contributed by atoms with Gasteiger partial charge >= 0.3 is 11.9 Å². The van der Waals surface area contributed by atoms with Crippen LogP contribution in [0.4, 0.5) is 0 Å².